The molecular weight excluding hydrogens is 340 g/mol. The molecule has 2 aromatic carbocycles. The molecule has 20 heavy (non-hydrogen) atoms. The smallest absolute Gasteiger partial charge is 0.134 e. The van der Waals surface area contributed by atoms with Crippen LogP contribution in [0.2, 0.25) is 5.02 Å². The first-order valence-corrected chi connectivity index (χ1v) is 7.47. The topological polar surface area (TPSA) is 29.5 Å². The second-order valence-electron chi connectivity index (χ2n) is 4.83. The zero-order valence-corrected chi connectivity index (χ0v) is 13.9. The van der Waals surface area contributed by atoms with E-state index in [-0.39, 0.29) is 0 Å². The number of benzene rings is 2. The van der Waals surface area contributed by atoms with E-state index in [1.807, 2.05) is 44.2 Å². The van der Waals surface area contributed by atoms with E-state index in [2.05, 4.69) is 15.9 Å². The molecule has 0 amide bonds. The maximum atomic E-state index is 9.81. The number of halogens is 2. The van der Waals surface area contributed by atoms with Gasteiger partial charge in [0.25, 0.3) is 0 Å². The highest BCUT2D eigenvalue weighted by Gasteiger charge is 2.12. The van der Waals surface area contributed by atoms with Crippen molar-refractivity contribution in [3.8, 4) is 11.5 Å². The predicted octanol–water partition coefficient (Wildman–Crippen LogP) is 5.56. The summed E-state index contributed by atoms with van der Waals surface area (Å²) in [6.07, 6.45) is -0.590. The summed E-state index contributed by atoms with van der Waals surface area (Å²) in [6, 6.07) is 9.36. The first kappa shape index (κ1) is 15.4. The molecule has 2 nitrogen and oxygen atoms in total. The summed E-state index contributed by atoms with van der Waals surface area (Å²) in [4.78, 5) is 0. The molecule has 1 atom stereocenters. The van der Waals surface area contributed by atoms with Crippen molar-refractivity contribution in [3.05, 3.63) is 56.5 Å². The molecule has 0 spiro atoms. The lowest BCUT2D eigenvalue weighted by Gasteiger charge is -2.15. The minimum absolute atomic E-state index is 0.590. The monoisotopic (exact) mass is 354 g/mol. The minimum atomic E-state index is -0.590. The number of aliphatic hydroxyl groups excluding tert-OH is 1. The van der Waals surface area contributed by atoms with Crippen LogP contribution in [-0.2, 0) is 0 Å². The molecule has 4 heteroatoms. The molecule has 0 saturated heterocycles. The van der Waals surface area contributed by atoms with Gasteiger partial charge in [-0.15, -0.1) is 0 Å². The molecule has 1 unspecified atom stereocenters. The molecule has 1 N–H and O–H groups in total. The Morgan fingerprint density at radius 2 is 1.75 bits per heavy atom. The van der Waals surface area contributed by atoms with Crippen LogP contribution in [0.15, 0.2) is 34.8 Å². The van der Waals surface area contributed by atoms with E-state index in [1.54, 1.807) is 6.92 Å². The van der Waals surface area contributed by atoms with Crippen LogP contribution in [0.4, 0.5) is 0 Å². The minimum Gasteiger partial charge on any atom is -0.457 e. The second-order valence-corrected chi connectivity index (χ2v) is 6.12. The van der Waals surface area contributed by atoms with Gasteiger partial charge in [-0.2, -0.15) is 0 Å². The maximum absolute atomic E-state index is 9.81. The fraction of sp³-hybridized carbons (Fsp3) is 0.250. The molecule has 0 bridgehead atoms. The standard InChI is InChI=1S/C16H16BrClO2/c1-9-6-13(7-10(2)16(9)18)20-15-8-12(17)4-5-14(15)11(3)19/h4-8,11,19H,1-3H3. The van der Waals surface area contributed by atoms with Crippen molar-refractivity contribution < 1.29 is 9.84 Å². The van der Waals surface area contributed by atoms with Crippen LogP contribution in [0.5, 0.6) is 11.5 Å². The van der Waals surface area contributed by atoms with E-state index in [1.165, 1.54) is 0 Å². The highest BCUT2D eigenvalue weighted by Crippen LogP contribution is 2.34. The van der Waals surface area contributed by atoms with Crippen molar-refractivity contribution >= 4 is 27.5 Å². The van der Waals surface area contributed by atoms with Gasteiger partial charge in [0.05, 0.1) is 6.10 Å². The van der Waals surface area contributed by atoms with E-state index >= 15 is 0 Å². The fourth-order valence-corrected chi connectivity index (χ4v) is 2.48. The first-order chi connectivity index (χ1) is 9.38. The fourth-order valence-electron chi connectivity index (χ4n) is 2.03. The van der Waals surface area contributed by atoms with E-state index in [9.17, 15) is 5.11 Å². The third kappa shape index (κ3) is 3.35. The normalized spacial score (nSPS) is 12.3. The summed E-state index contributed by atoms with van der Waals surface area (Å²) in [5.41, 5.74) is 2.68. The molecule has 0 aliphatic heterocycles. The maximum Gasteiger partial charge on any atom is 0.134 e. The zero-order chi connectivity index (χ0) is 14.9. The first-order valence-electron chi connectivity index (χ1n) is 6.30. The number of hydrogen-bond donors (Lipinski definition) is 1. The summed E-state index contributed by atoms with van der Waals surface area (Å²) >= 11 is 9.57. The lowest BCUT2D eigenvalue weighted by Crippen LogP contribution is -1.97. The van der Waals surface area contributed by atoms with Crippen LogP contribution in [0.25, 0.3) is 0 Å². The highest BCUT2D eigenvalue weighted by molar-refractivity contribution is 9.10. The van der Waals surface area contributed by atoms with E-state index in [0.29, 0.717) is 11.5 Å². The molecule has 0 aliphatic carbocycles. The molecule has 0 aromatic heterocycles. The number of aryl methyl sites for hydroxylation is 2. The number of hydrogen-bond acceptors (Lipinski definition) is 2. The van der Waals surface area contributed by atoms with E-state index < -0.39 is 6.10 Å². The molecule has 2 aromatic rings. The van der Waals surface area contributed by atoms with Crippen LogP contribution in [-0.4, -0.2) is 5.11 Å². The Bertz CT molecular complexity index is 615. The largest absolute Gasteiger partial charge is 0.457 e. The van der Waals surface area contributed by atoms with Crippen LogP contribution >= 0.6 is 27.5 Å². The Morgan fingerprint density at radius 1 is 1.15 bits per heavy atom. The predicted molar refractivity (Wildman–Crippen MR) is 85.8 cm³/mol. The van der Waals surface area contributed by atoms with E-state index in [0.717, 1.165) is 26.2 Å². The quantitative estimate of drug-likeness (QED) is 0.780. The molecule has 0 saturated carbocycles. The van der Waals surface area contributed by atoms with Gasteiger partial charge in [-0.25, -0.2) is 0 Å². The van der Waals surface area contributed by atoms with Crippen molar-refractivity contribution in [1.82, 2.24) is 0 Å². The highest BCUT2D eigenvalue weighted by atomic mass is 79.9. The molecule has 2 rings (SSSR count). The van der Waals surface area contributed by atoms with Gasteiger partial charge >= 0.3 is 0 Å². The van der Waals surface area contributed by atoms with Crippen LogP contribution in [0, 0.1) is 13.8 Å². The van der Waals surface area contributed by atoms with Crippen molar-refractivity contribution in [2.75, 3.05) is 0 Å². The lowest BCUT2D eigenvalue weighted by atomic mass is 10.1. The Hall–Kier alpha value is -1.03. The number of aliphatic hydroxyl groups is 1. The van der Waals surface area contributed by atoms with E-state index in [4.69, 9.17) is 16.3 Å². The third-order valence-corrected chi connectivity index (χ3v) is 4.15. The molecule has 0 fully saturated rings. The summed E-state index contributed by atoms with van der Waals surface area (Å²) in [6.45, 7) is 5.60. The van der Waals surface area contributed by atoms with Crippen molar-refractivity contribution in [3.63, 3.8) is 0 Å². The lowest BCUT2D eigenvalue weighted by molar-refractivity contribution is 0.195. The van der Waals surface area contributed by atoms with Gasteiger partial charge in [0, 0.05) is 15.1 Å². The number of ether oxygens (including phenoxy) is 1. The van der Waals surface area contributed by atoms with Crippen molar-refractivity contribution in [2.24, 2.45) is 0 Å². The number of rotatable bonds is 3. The summed E-state index contributed by atoms with van der Waals surface area (Å²) < 4.78 is 6.82. The van der Waals surface area contributed by atoms with Crippen molar-refractivity contribution in [1.29, 1.82) is 0 Å². The Morgan fingerprint density at radius 3 is 2.30 bits per heavy atom. The average molecular weight is 356 g/mol. The van der Waals surface area contributed by atoms with Gasteiger partial charge in [-0.1, -0.05) is 33.6 Å². The Kier molecular flexibility index (Phi) is 4.74. The van der Waals surface area contributed by atoms with Crippen LogP contribution in [0.1, 0.15) is 29.7 Å². The molecule has 106 valence electrons. The zero-order valence-electron chi connectivity index (χ0n) is 11.6. The average Bonchev–Trinajstić information content (AvgIpc) is 2.35. The van der Waals surface area contributed by atoms with Gasteiger partial charge in [-0.05, 0) is 56.2 Å². The summed E-state index contributed by atoms with van der Waals surface area (Å²) in [5.74, 6) is 1.35. The van der Waals surface area contributed by atoms with Gasteiger partial charge in [0.1, 0.15) is 11.5 Å². The second kappa shape index (κ2) is 6.17. The summed E-state index contributed by atoms with van der Waals surface area (Å²) in [7, 11) is 0. The SMILES string of the molecule is Cc1cc(Oc2cc(Br)ccc2C(C)O)cc(C)c1Cl. The third-order valence-electron chi connectivity index (χ3n) is 3.06. The molecular formula is C16H16BrClO2. The Balaban J connectivity index is 2.42. The Labute approximate surface area is 132 Å². The molecule has 0 radical (unpaired) electrons. The van der Waals surface area contributed by atoms with Gasteiger partial charge < -0.3 is 9.84 Å². The molecule has 0 aliphatic rings. The summed E-state index contributed by atoms with van der Waals surface area (Å²) in [5, 5.41) is 10.6. The van der Waals surface area contributed by atoms with Gasteiger partial charge in [0.2, 0.25) is 0 Å². The van der Waals surface area contributed by atoms with Crippen LogP contribution < -0.4 is 4.74 Å². The van der Waals surface area contributed by atoms with Gasteiger partial charge in [0.15, 0.2) is 0 Å². The van der Waals surface area contributed by atoms with Gasteiger partial charge in [-0.3, -0.25) is 0 Å². The van der Waals surface area contributed by atoms with Crippen LogP contribution in [0.3, 0.4) is 0 Å². The van der Waals surface area contributed by atoms with Crippen molar-refractivity contribution in [2.45, 2.75) is 26.9 Å². The molecule has 0 heterocycles.